The van der Waals surface area contributed by atoms with Gasteiger partial charge in [0.05, 0.1) is 23.4 Å². The SMILES string of the molecule is CCCOc1nc(NC(C)(C)C(C)(C)O)ccc1N. The summed E-state index contributed by atoms with van der Waals surface area (Å²) < 4.78 is 5.49. The summed E-state index contributed by atoms with van der Waals surface area (Å²) in [5, 5.41) is 13.3. The van der Waals surface area contributed by atoms with Crippen molar-refractivity contribution in [3.63, 3.8) is 0 Å². The molecule has 0 fully saturated rings. The van der Waals surface area contributed by atoms with Gasteiger partial charge in [-0.25, -0.2) is 0 Å². The highest BCUT2D eigenvalue weighted by Gasteiger charge is 2.35. The highest BCUT2D eigenvalue weighted by molar-refractivity contribution is 5.54. The zero-order valence-corrected chi connectivity index (χ0v) is 12.4. The number of pyridine rings is 1. The molecule has 5 nitrogen and oxygen atoms in total. The Kier molecular flexibility index (Phi) is 4.63. The summed E-state index contributed by atoms with van der Waals surface area (Å²) in [6.07, 6.45) is 0.897. The quantitative estimate of drug-likeness (QED) is 0.737. The van der Waals surface area contributed by atoms with Gasteiger partial charge in [0, 0.05) is 0 Å². The Morgan fingerprint density at radius 1 is 1.32 bits per heavy atom. The van der Waals surface area contributed by atoms with Crippen molar-refractivity contribution in [3.8, 4) is 5.88 Å². The van der Waals surface area contributed by atoms with E-state index in [0.717, 1.165) is 6.42 Å². The Balaban J connectivity index is 2.91. The van der Waals surface area contributed by atoms with Crippen LogP contribution in [0.3, 0.4) is 0 Å². The maximum Gasteiger partial charge on any atom is 0.239 e. The van der Waals surface area contributed by atoms with Crippen LogP contribution in [0.15, 0.2) is 12.1 Å². The minimum absolute atomic E-state index is 0.429. The van der Waals surface area contributed by atoms with Gasteiger partial charge in [-0.2, -0.15) is 4.98 Å². The van der Waals surface area contributed by atoms with E-state index in [1.807, 2.05) is 20.8 Å². The number of anilines is 2. The maximum atomic E-state index is 10.1. The van der Waals surface area contributed by atoms with Gasteiger partial charge in [-0.3, -0.25) is 0 Å². The van der Waals surface area contributed by atoms with Crippen LogP contribution < -0.4 is 15.8 Å². The second kappa shape index (κ2) is 5.65. The molecule has 4 N–H and O–H groups in total. The first kappa shape index (κ1) is 15.6. The van der Waals surface area contributed by atoms with E-state index in [1.54, 1.807) is 26.0 Å². The third kappa shape index (κ3) is 3.99. The van der Waals surface area contributed by atoms with Crippen molar-refractivity contribution in [1.82, 2.24) is 4.98 Å². The number of aliphatic hydroxyl groups is 1. The van der Waals surface area contributed by atoms with Crippen LogP contribution in [0.25, 0.3) is 0 Å². The Morgan fingerprint density at radius 3 is 2.47 bits per heavy atom. The van der Waals surface area contributed by atoms with Crippen LogP contribution in [0.5, 0.6) is 5.88 Å². The third-order valence-electron chi connectivity index (χ3n) is 3.30. The molecule has 1 aromatic heterocycles. The van der Waals surface area contributed by atoms with Crippen LogP contribution in [0.1, 0.15) is 41.0 Å². The zero-order valence-electron chi connectivity index (χ0n) is 12.4. The van der Waals surface area contributed by atoms with Gasteiger partial charge >= 0.3 is 0 Å². The molecular weight excluding hydrogens is 242 g/mol. The molecule has 0 aliphatic heterocycles. The van der Waals surface area contributed by atoms with Crippen LogP contribution >= 0.6 is 0 Å². The molecule has 19 heavy (non-hydrogen) atoms. The summed E-state index contributed by atoms with van der Waals surface area (Å²) in [7, 11) is 0. The first-order valence-corrected chi connectivity index (χ1v) is 6.57. The Bertz CT molecular complexity index is 425. The summed E-state index contributed by atoms with van der Waals surface area (Å²) in [5.74, 6) is 1.06. The Labute approximate surface area is 115 Å². The normalized spacial score (nSPS) is 12.3. The van der Waals surface area contributed by atoms with Crippen molar-refractivity contribution >= 4 is 11.5 Å². The van der Waals surface area contributed by atoms with E-state index in [4.69, 9.17) is 10.5 Å². The first-order chi connectivity index (χ1) is 8.67. The van der Waals surface area contributed by atoms with Gasteiger partial charge in [-0.15, -0.1) is 0 Å². The second-order valence-corrected chi connectivity index (χ2v) is 5.75. The van der Waals surface area contributed by atoms with E-state index < -0.39 is 11.1 Å². The van der Waals surface area contributed by atoms with Crippen molar-refractivity contribution in [2.24, 2.45) is 0 Å². The molecule has 1 aromatic rings. The van der Waals surface area contributed by atoms with Gasteiger partial charge in [0.15, 0.2) is 0 Å². The van der Waals surface area contributed by atoms with Crippen LogP contribution in [0.2, 0.25) is 0 Å². The van der Waals surface area contributed by atoms with Crippen molar-refractivity contribution < 1.29 is 9.84 Å². The zero-order chi connectivity index (χ0) is 14.7. The van der Waals surface area contributed by atoms with Crippen molar-refractivity contribution in [3.05, 3.63) is 12.1 Å². The standard InChI is InChI=1S/C14H25N3O2/c1-6-9-19-12-10(15)7-8-11(16-12)17-13(2,3)14(4,5)18/h7-8,18H,6,9,15H2,1-5H3,(H,16,17). The molecule has 0 amide bonds. The number of nitrogens with one attached hydrogen (secondary N) is 1. The average molecular weight is 267 g/mol. The molecule has 0 spiro atoms. The predicted octanol–water partition coefficient (Wildman–Crippen LogP) is 2.41. The lowest BCUT2D eigenvalue weighted by Crippen LogP contribution is -2.51. The van der Waals surface area contributed by atoms with E-state index in [2.05, 4.69) is 10.3 Å². The van der Waals surface area contributed by atoms with Crippen molar-refractivity contribution in [2.75, 3.05) is 17.7 Å². The molecule has 108 valence electrons. The number of hydrogen-bond donors (Lipinski definition) is 3. The summed E-state index contributed by atoms with van der Waals surface area (Å²) in [6, 6.07) is 3.53. The average Bonchev–Trinajstić information content (AvgIpc) is 2.28. The first-order valence-electron chi connectivity index (χ1n) is 6.57. The molecule has 0 unspecified atom stereocenters. The van der Waals surface area contributed by atoms with Crippen LogP contribution in [-0.2, 0) is 0 Å². The largest absolute Gasteiger partial charge is 0.476 e. The van der Waals surface area contributed by atoms with Gasteiger partial charge in [0.25, 0.3) is 0 Å². The number of ether oxygens (including phenoxy) is 1. The van der Waals surface area contributed by atoms with Crippen molar-refractivity contribution in [2.45, 2.75) is 52.2 Å². The number of rotatable bonds is 6. The molecule has 0 aromatic carbocycles. The molecule has 0 radical (unpaired) electrons. The minimum atomic E-state index is -0.888. The molecule has 0 saturated heterocycles. The van der Waals surface area contributed by atoms with E-state index in [0.29, 0.717) is 24.0 Å². The fourth-order valence-electron chi connectivity index (χ4n) is 1.31. The van der Waals surface area contributed by atoms with Crippen molar-refractivity contribution in [1.29, 1.82) is 0 Å². The monoisotopic (exact) mass is 267 g/mol. The summed E-state index contributed by atoms with van der Waals surface area (Å²) in [6.45, 7) is 9.94. The fourth-order valence-corrected chi connectivity index (χ4v) is 1.31. The summed E-state index contributed by atoms with van der Waals surface area (Å²) >= 11 is 0. The summed E-state index contributed by atoms with van der Waals surface area (Å²) in [4.78, 5) is 4.34. The lowest BCUT2D eigenvalue weighted by atomic mass is 9.86. The maximum absolute atomic E-state index is 10.1. The van der Waals surface area contributed by atoms with Crippen LogP contribution in [-0.4, -0.2) is 27.8 Å². The molecular formula is C14H25N3O2. The molecule has 1 heterocycles. The van der Waals surface area contributed by atoms with Gasteiger partial charge in [-0.1, -0.05) is 6.92 Å². The lowest BCUT2D eigenvalue weighted by molar-refractivity contribution is 0.0238. The molecule has 0 aliphatic rings. The van der Waals surface area contributed by atoms with E-state index in [9.17, 15) is 5.11 Å². The Morgan fingerprint density at radius 2 is 1.95 bits per heavy atom. The topological polar surface area (TPSA) is 80.4 Å². The molecule has 0 aliphatic carbocycles. The summed E-state index contributed by atoms with van der Waals surface area (Å²) in [5.41, 5.74) is 4.91. The van der Waals surface area contributed by atoms with Gasteiger partial charge in [0.1, 0.15) is 5.82 Å². The number of hydrogen-bond acceptors (Lipinski definition) is 5. The molecule has 5 heteroatoms. The number of nitrogens with zero attached hydrogens (tertiary/aromatic N) is 1. The molecule has 1 rings (SSSR count). The van der Waals surface area contributed by atoms with E-state index >= 15 is 0 Å². The van der Waals surface area contributed by atoms with Gasteiger partial charge in [0.2, 0.25) is 5.88 Å². The van der Waals surface area contributed by atoms with Crippen LogP contribution in [0.4, 0.5) is 11.5 Å². The fraction of sp³-hybridized carbons (Fsp3) is 0.643. The Hall–Kier alpha value is -1.49. The molecule has 0 saturated carbocycles. The number of nitrogen functional groups attached to an aromatic ring is 1. The number of nitrogens with two attached hydrogens (primary N) is 1. The highest BCUT2D eigenvalue weighted by Crippen LogP contribution is 2.27. The van der Waals surface area contributed by atoms with Gasteiger partial charge < -0.3 is 20.9 Å². The van der Waals surface area contributed by atoms with E-state index in [1.165, 1.54) is 0 Å². The predicted molar refractivity (Wildman–Crippen MR) is 78.4 cm³/mol. The number of aromatic nitrogens is 1. The second-order valence-electron chi connectivity index (χ2n) is 5.75. The lowest BCUT2D eigenvalue weighted by Gasteiger charge is -2.38. The smallest absolute Gasteiger partial charge is 0.239 e. The minimum Gasteiger partial charge on any atom is -0.476 e. The molecule has 0 bridgehead atoms. The third-order valence-corrected chi connectivity index (χ3v) is 3.30. The van der Waals surface area contributed by atoms with E-state index in [-0.39, 0.29) is 0 Å². The van der Waals surface area contributed by atoms with Gasteiger partial charge in [-0.05, 0) is 46.2 Å². The molecule has 0 atom stereocenters. The highest BCUT2D eigenvalue weighted by atomic mass is 16.5. The van der Waals surface area contributed by atoms with Crippen LogP contribution in [0, 0.1) is 0 Å².